The Kier molecular flexibility index (Phi) is 4.39. The Labute approximate surface area is 116 Å². The third kappa shape index (κ3) is 3.61. The van der Waals surface area contributed by atoms with Crippen LogP contribution in [-0.2, 0) is 4.79 Å². The highest BCUT2D eigenvalue weighted by Crippen LogP contribution is 2.10. The van der Waals surface area contributed by atoms with Crippen molar-refractivity contribution in [1.29, 1.82) is 0 Å². The van der Waals surface area contributed by atoms with Gasteiger partial charge in [0.2, 0.25) is 0 Å². The lowest BCUT2D eigenvalue weighted by Gasteiger charge is -2.14. The molecule has 0 aliphatic carbocycles. The summed E-state index contributed by atoms with van der Waals surface area (Å²) in [5, 5.41) is 0. The lowest BCUT2D eigenvalue weighted by atomic mass is 10.3. The molecule has 0 saturated carbocycles. The van der Waals surface area contributed by atoms with E-state index < -0.39 is 17.9 Å². The monoisotopic (exact) mass is 273 g/mol. The summed E-state index contributed by atoms with van der Waals surface area (Å²) in [6.45, 7) is 1.60. The predicted octanol–water partition coefficient (Wildman–Crippen LogP) is 1.24. The van der Waals surface area contributed by atoms with Gasteiger partial charge in [-0.2, -0.15) is 0 Å². The van der Waals surface area contributed by atoms with Crippen LogP contribution in [0.3, 0.4) is 0 Å². The van der Waals surface area contributed by atoms with Crippen molar-refractivity contribution < 1.29 is 14.3 Å². The van der Waals surface area contributed by atoms with Gasteiger partial charge in [0.25, 0.3) is 11.8 Å². The van der Waals surface area contributed by atoms with E-state index in [4.69, 9.17) is 4.74 Å². The summed E-state index contributed by atoms with van der Waals surface area (Å²) in [5.41, 5.74) is 4.97. The second-order valence-corrected chi connectivity index (χ2v) is 4.10. The number of hydrogen-bond acceptors (Lipinski definition) is 3. The largest absolute Gasteiger partial charge is 0.481 e. The minimum atomic E-state index is -0.721. The molecule has 2 aromatic rings. The minimum Gasteiger partial charge on any atom is -0.481 e. The Morgan fingerprint density at radius 2 is 1.85 bits per heavy atom. The fourth-order valence-electron chi connectivity index (χ4n) is 1.52. The summed E-state index contributed by atoms with van der Waals surface area (Å²) in [7, 11) is 0. The molecule has 0 bridgehead atoms. The van der Waals surface area contributed by atoms with Crippen molar-refractivity contribution in [1.82, 2.24) is 15.8 Å². The highest BCUT2D eigenvalue weighted by molar-refractivity contribution is 5.94. The molecule has 6 heteroatoms. The summed E-state index contributed by atoms with van der Waals surface area (Å²) >= 11 is 0. The number of benzene rings is 1. The summed E-state index contributed by atoms with van der Waals surface area (Å²) < 4.78 is 5.43. The topological polar surface area (TPSA) is 83.2 Å². The van der Waals surface area contributed by atoms with Crippen molar-refractivity contribution in [3.8, 4) is 5.75 Å². The SMILES string of the molecule is CC(Oc1ccccc1)C(=O)NNC(=O)c1ccc[nH]1. The zero-order chi connectivity index (χ0) is 14.4. The highest BCUT2D eigenvalue weighted by Gasteiger charge is 2.15. The molecule has 1 unspecified atom stereocenters. The number of ether oxygens (including phenoxy) is 1. The summed E-state index contributed by atoms with van der Waals surface area (Å²) in [6.07, 6.45) is 0.902. The number of carbonyl (C=O) groups is 2. The maximum Gasteiger partial charge on any atom is 0.286 e. The first-order valence-electron chi connectivity index (χ1n) is 6.12. The van der Waals surface area contributed by atoms with Crippen molar-refractivity contribution in [2.45, 2.75) is 13.0 Å². The van der Waals surface area contributed by atoms with Crippen LogP contribution in [0.5, 0.6) is 5.75 Å². The highest BCUT2D eigenvalue weighted by atomic mass is 16.5. The van der Waals surface area contributed by atoms with E-state index in [1.54, 1.807) is 37.4 Å². The van der Waals surface area contributed by atoms with Crippen LogP contribution in [-0.4, -0.2) is 22.9 Å². The molecule has 2 rings (SSSR count). The number of para-hydroxylation sites is 1. The predicted molar refractivity (Wildman–Crippen MR) is 72.9 cm³/mol. The van der Waals surface area contributed by atoms with Gasteiger partial charge < -0.3 is 9.72 Å². The van der Waals surface area contributed by atoms with Crippen molar-refractivity contribution >= 4 is 11.8 Å². The van der Waals surface area contributed by atoms with Crippen molar-refractivity contribution in [2.24, 2.45) is 0 Å². The second kappa shape index (κ2) is 6.42. The average molecular weight is 273 g/mol. The summed E-state index contributed by atoms with van der Waals surface area (Å²) in [4.78, 5) is 26.1. The van der Waals surface area contributed by atoms with Gasteiger partial charge in [-0.3, -0.25) is 20.4 Å². The molecular formula is C14H15N3O3. The maximum atomic E-state index is 11.8. The van der Waals surface area contributed by atoms with Gasteiger partial charge >= 0.3 is 0 Å². The molecule has 6 nitrogen and oxygen atoms in total. The fraction of sp³-hybridized carbons (Fsp3) is 0.143. The second-order valence-electron chi connectivity index (χ2n) is 4.10. The zero-order valence-corrected chi connectivity index (χ0v) is 10.9. The van der Waals surface area contributed by atoms with Crippen LogP contribution in [0, 0.1) is 0 Å². The quantitative estimate of drug-likeness (QED) is 0.733. The van der Waals surface area contributed by atoms with E-state index in [1.165, 1.54) is 0 Å². The third-order valence-corrected chi connectivity index (χ3v) is 2.57. The van der Waals surface area contributed by atoms with Gasteiger partial charge in [0.05, 0.1) is 0 Å². The average Bonchev–Trinajstić information content (AvgIpc) is 2.99. The number of nitrogens with one attached hydrogen (secondary N) is 3. The molecule has 1 aromatic carbocycles. The number of hydrogen-bond donors (Lipinski definition) is 3. The number of aromatic amines is 1. The molecule has 2 amide bonds. The van der Waals surface area contributed by atoms with Crippen LogP contribution in [0.15, 0.2) is 48.7 Å². The first-order valence-corrected chi connectivity index (χ1v) is 6.12. The molecular weight excluding hydrogens is 258 g/mol. The van der Waals surface area contributed by atoms with Gasteiger partial charge in [-0.05, 0) is 31.2 Å². The molecule has 0 aliphatic rings. The van der Waals surface area contributed by atoms with Gasteiger partial charge in [-0.1, -0.05) is 18.2 Å². The maximum absolute atomic E-state index is 11.8. The van der Waals surface area contributed by atoms with Gasteiger partial charge in [0.15, 0.2) is 6.10 Å². The van der Waals surface area contributed by atoms with Crippen molar-refractivity contribution in [3.05, 3.63) is 54.4 Å². The fourth-order valence-corrected chi connectivity index (χ4v) is 1.52. The first-order chi connectivity index (χ1) is 9.66. The minimum absolute atomic E-state index is 0.363. The van der Waals surface area contributed by atoms with E-state index in [2.05, 4.69) is 15.8 Å². The van der Waals surface area contributed by atoms with Crippen LogP contribution < -0.4 is 15.6 Å². The summed E-state index contributed by atoms with van der Waals surface area (Å²) in [6, 6.07) is 12.3. The molecule has 20 heavy (non-hydrogen) atoms. The molecule has 0 fully saturated rings. The molecule has 0 saturated heterocycles. The molecule has 0 aliphatic heterocycles. The van der Waals surface area contributed by atoms with Crippen molar-refractivity contribution in [2.75, 3.05) is 0 Å². The lowest BCUT2D eigenvalue weighted by molar-refractivity contribution is -0.128. The van der Waals surface area contributed by atoms with Crippen molar-refractivity contribution in [3.63, 3.8) is 0 Å². The first kappa shape index (κ1) is 13.7. The molecule has 1 atom stereocenters. The zero-order valence-electron chi connectivity index (χ0n) is 10.9. The Bertz CT molecular complexity index is 567. The Morgan fingerprint density at radius 3 is 2.50 bits per heavy atom. The normalized spacial score (nSPS) is 11.4. The van der Waals surface area contributed by atoms with E-state index in [-0.39, 0.29) is 0 Å². The molecule has 104 valence electrons. The van der Waals surface area contributed by atoms with E-state index in [9.17, 15) is 9.59 Å². The number of hydrazine groups is 1. The van der Waals surface area contributed by atoms with Gasteiger partial charge in [-0.25, -0.2) is 0 Å². The smallest absolute Gasteiger partial charge is 0.286 e. The molecule has 1 aromatic heterocycles. The van der Waals surface area contributed by atoms with Gasteiger partial charge in [0, 0.05) is 6.20 Å². The Balaban J connectivity index is 1.81. The number of rotatable bonds is 4. The molecule has 0 spiro atoms. The number of carbonyl (C=O) groups excluding carboxylic acids is 2. The van der Waals surface area contributed by atoms with E-state index in [0.29, 0.717) is 11.4 Å². The molecule has 3 N–H and O–H groups in total. The van der Waals surface area contributed by atoms with Crippen LogP contribution >= 0.6 is 0 Å². The van der Waals surface area contributed by atoms with Crippen LogP contribution in [0.25, 0.3) is 0 Å². The van der Waals surface area contributed by atoms with E-state index >= 15 is 0 Å². The third-order valence-electron chi connectivity index (χ3n) is 2.57. The van der Waals surface area contributed by atoms with Crippen LogP contribution in [0.1, 0.15) is 17.4 Å². The van der Waals surface area contributed by atoms with E-state index in [1.807, 2.05) is 18.2 Å². The number of H-pyrrole nitrogens is 1. The van der Waals surface area contributed by atoms with E-state index in [0.717, 1.165) is 0 Å². The molecule has 1 heterocycles. The lowest BCUT2D eigenvalue weighted by Crippen LogP contribution is -2.47. The number of aromatic nitrogens is 1. The Hall–Kier alpha value is -2.76. The number of amides is 2. The standard InChI is InChI=1S/C14H15N3O3/c1-10(20-11-6-3-2-4-7-11)13(18)16-17-14(19)12-8-5-9-15-12/h2-10,15H,1H3,(H,16,18)(H,17,19). The van der Waals surface area contributed by atoms with Crippen LogP contribution in [0.2, 0.25) is 0 Å². The summed E-state index contributed by atoms with van der Waals surface area (Å²) in [5.74, 6) is -0.269. The molecule has 0 radical (unpaired) electrons. The van der Waals surface area contributed by atoms with Gasteiger partial charge in [-0.15, -0.1) is 0 Å². The van der Waals surface area contributed by atoms with Crippen LogP contribution in [0.4, 0.5) is 0 Å². The Morgan fingerprint density at radius 1 is 1.10 bits per heavy atom. The van der Waals surface area contributed by atoms with Gasteiger partial charge in [0.1, 0.15) is 11.4 Å².